The standard InChI is InChI=1S/C34H52O7/c1-22(10-13-30(37)39-4)25-11-12-26-31-27(19-29(36)33(25,26)3)32(2)14-15-34(38,20-24(32)18-28(31)35)41-17-16-40-21-23-8-6-5-7-9-23/h5-9,22,24-29,31,35-36,38H,10-21H2,1-4H3/t22-,24-,25-,26+,27+,28-,29+,31+,32+,33-,34+/m1/s1. The first kappa shape index (κ1) is 30.9. The lowest BCUT2D eigenvalue weighted by Gasteiger charge is -2.64. The van der Waals surface area contributed by atoms with E-state index in [1.165, 1.54) is 7.11 Å². The van der Waals surface area contributed by atoms with Crippen LogP contribution in [0, 0.1) is 46.3 Å². The smallest absolute Gasteiger partial charge is 0.305 e. The van der Waals surface area contributed by atoms with Gasteiger partial charge < -0.3 is 29.5 Å². The number of rotatable bonds is 10. The Balaban J connectivity index is 1.22. The molecule has 41 heavy (non-hydrogen) atoms. The van der Waals surface area contributed by atoms with Crippen molar-refractivity contribution in [3.63, 3.8) is 0 Å². The highest BCUT2D eigenvalue weighted by molar-refractivity contribution is 5.69. The number of benzene rings is 1. The molecule has 1 aromatic rings. The maximum atomic E-state index is 11.8. The minimum Gasteiger partial charge on any atom is -0.469 e. The molecule has 1 aromatic carbocycles. The van der Waals surface area contributed by atoms with Crippen LogP contribution >= 0.6 is 0 Å². The summed E-state index contributed by atoms with van der Waals surface area (Å²) in [6.45, 7) is 8.06. The van der Waals surface area contributed by atoms with Crippen LogP contribution in [0.2, 0.25) is 0 Å². The van der Waals surface area contributed by atoms with E-state index in [4.69, 9.17) is 14.2 Å². The average molecular weight is 573 g/mol. The number of carbonyl (C=O) groups excluding carboxylic acids is 1. The number of aliphatic hydroxyl groups excluding tert-OH is 2. The molecule has 7 heteroatoms. The summed E-state index contributed by atoms with van der Waals surface area (Å²) in [7, 11) is 1.43. The SMILES string of the molecule is COC(=O)CC[C@@H](C)[C@H]1CC[C@H]2[C@@H]3[C@H](O)C[C@@H]4C[C@@](O)(OCCOCc5ccccc5)CC[C@]4(C)[C@H]3C[C@H](O)[C@]12C. The molecule has 3 N–H and O–H groups in total. The molecular weight excluding hydrogens is 520 g/mol. The Kier molecular flexibility index (Phi) is 9.23. The second-order valence-corrected chi connectivity index (χ2v) is 14.2. The van der Waals surface area contributed by atoms with E-state index in [9.17, 15) is 20.1 Å². The molecule has 5 rings (SSSR count). The number of aliphatic hydroxyl groups is 3. The number of ether oxygens (including phenoxy) is 3. The van der Waals surface area contributed by atoms with Crippen molar-refractivity contribution in [2.45, 2.75) is 103 Å². The molecule has 0 aliphatic heterocycles. The van der Waals surface area contributed by atoms with E-state index >= 15 is 0 Å². The van der Waals surface area contributed by atoms with Gasteiger partial charge in [-0.2, -0.15) is 0 Å². The number of esters is 1. The van der Waals surface area contributed by atoms with Gasteiger partial charge >= 0.3 is 5.97 Å². The van der Waals surface area contributed by atoms with Gasteiger partial charge in [-0.15, -0.1) is 0 Å². The second-order valence-electron chi connectivity index (χ2n) is 14.2. The quantitative estimate of drug-likeness (QED) is 0.204. The van der Waals surface area contributed by atoms with Gasteiger partial charge in [0, 0.05) is 19.3 Å². The number of hydrogen-bond donors (Lipinski definition) is 3. The summed E-state index contributed by atoms with van der Waals surface area (Å²) in [5.41, 5.74) is 0.791. The normalized spacial score (nSPS) is 42.6. The van der Waals surface area contributed by atoms with Gasteiger partial charge in [0.05, 0.1) is 39.1 Å². The molecule has 0 spiro atoms. The van der Waals surface area contributed by atoms with Crippen molar-refractivity contribution < 1.29 is 34.3 Å². The van der Waals surface area contributed by atoms with Crippen LogP contribution < -0.4 is 0 Å². The molecule has 0 bridgehead atoms. The molecule has 4 fully saturated rings. The fraction of sp³-hybridized carbons (Fsp3) is 0.794. The van der Waals surface area contributed by atoms with Gasteiger partial charge in [0.2, 0.25) is 0 Å². The maximum Gasteiger partial charge on any atom is 0.305 e. The van der Waals surface area contributed by atoms with E-state index in [-0.39, 0.29) is 40.5 Å². The van der Waals surface area contributed by atoms with Crippen molar-refractivity contribution in [1.29, 1.82) is 0 Å². The molecule has 0 radical (unpaired) electrons. The molecule has 0 saturated heterocycles. The first-order valence-electron chi connectivity index (χ1n) is 15.9. The van der Waals surface area contributed by atoms with Crippen molar-refractivity contribution in [1.82, 2.24) is 0 Å². The van der Waals surface area contributed by atoms with Gasteiger partial charge in [-0.05, 0) is 90.4 Å². The first-order chi connectivity index (χ1) is 19.5. The molecule has 0 unspecified atom stereocenters. The van der Waals surface area contributed by atoms with E-state index in [1.807, 2.05) is 30.3 Å². The third kappa shape index (κ3) is 5.86. The monoisotopic (exact) mass is 572 g/mol. The topological polar surface area (TPSA) is 105 Å². The van der Waals surface area contributed by atoms with Crippen LogP contribution in [0.4, 0.5) is 0 Å². The summed E-state index contributed by atoms with van der Waals surface area (Å²) in [6.07, 6.45) is 5.56. The Morgan fingerprint density at radius 1 is 1.05 bits per heavy atom. The number of carbonyl (C=O) groups is 1. The van der Waals surface area contributed by atoms with Gasteiger partial charge in [-0.25, -0.2) is 0 Å². The molecule has 7 nitrogen and oxygen atoms in total. The van der Waals surface area contributed by atoms with E-state index in [0.29, 0.717) is 63.8 Å². The van der Waals surface area contributed by atoms with Gasteiger partial charge in [0.1, 0.15) is 0 Å². The van der Waals surface area contributed by atoms with Crippen LogP contribution in [0.15, 0.2) is 30.3 Å². The van der Waals surface area contributed by atoms with Crippen LogP contribution in [-0.2, 0) is 25.6 Å². The summed E-state index contributed by atoms with van der Waals surface area (Å²) in [6, 6.07) is 10.0. The molecule has 11 atom stereocenters. The third-order valence-corrected chi connectivity index (χ3v) is 12.3. The highest BCUT2D eigenvalue weighted by Crippen LogP contribution is 2.69. The number of hydrogen-bond acceptors (Lipinski definition) is 7. The highest BCUT2D eigenvalue weighted by atomic mass is 16.6. The van der Waals surface area contributed by atoms with Crippen LogP contribution in [0.3, 0.4) is 0 Å². The zero-order valence-corrected chi connectivity index (χ0v) is 25.5. The predicted molar refractivity (Wildman–Crippen MR) is 155 cm³/mol. The van der Waals surface area contributed by atoms with Crippen molar-refractivity contribution in [2.75, 3.05) is 20.3 Å². The highest BCUT2D eigenvalue weighted by Gasteiger charge is 2.66. The number of fused-ring (bicyclic) bond motifs is 5. The van der Waals surface area contributed by atoms with E-state index in [0.717, 1.165) is 31.2 Å². The van der Waals surface area contributed by atoms with Crippen LogP contribution in [0.1, 0.15) is 84.1 Å². The lowest BCUT2D eigenvalue weighted by atomic mass is 9.43. The molecular formula is C34H52O7. The van der Waals surface area contributed by atoms with Crippen LogP contribution in [-0.4, -0.2) is 59.6 Å². The Labute approximate surface area is 246 Å². The number of methoxy groups -OCH3 is 1. The lowest BCUT2D eigenvalue weighted by Crippen LogP contribution is -2.63. The summed E-state index contributed by atoms with van der Waals surface area (Å²) in [5, 5.41) is 34.9. The van der Waals surface area contributed by atoms with Crippen LogP contribution in [0.5, 0.6) is 0 Å². The Morgan fingerprint density at radius 2 is 1.80 bits per heavy atom. The predicted octanol–water partition coefficient (Wildman–Crippen LogP) is 5.10. The average Bonchev–Trinajstić information content (AvgIpc) is 3.32. The van der Waals surface area contributed by atoms with Crippen molar-refractivity contribution in [3.05, 3.63) is 35.9 Å². The summed E-state index contributed by atoms with van der Waals surface area (Å²) >= 11 is 0. The fourth-order valence-electron chi connectivity index (χ4n) is 9.95. The molecule has 4 aliphatic carbocycles. The summed E-state index contributed by atoms with van der Waals surface area (Å²) in [4.78, 5) is 11.8. The van der Waals surface area contributed by atoms with Gasteiger partial charge in [0.25, 0.3) is 0 Å². The van der Waals surface area contributed by atoms with Crippen molar-refractivity contribution in [2.24, 2.45) is 46.3 Å². The fourth-order valence-corrected chi connectivity index (χ4v) is 9.95. The summed E-state index contributed by atoms with van der Waals surface area (Å²) < 4.78 is 16.7. The lowest BCUT2D eigenvalue weighted by molar-refractivity contribution is -0.276. The van der Waals surface area contributed by atoms with E-state index in [2.05, 4.69) is 20.8 Å². The van der Waals surface area contributed by atoms with Crippen molar-refractivity contribution in [3.8, 4) is 0 Å². The van der Waals surface area contributed by atoms with E-state index < -0.39 is 18.0 Å². The zero-order chi connectivity index (χ0) is 29.4. The van der Waals surface area contributed by atoms with Gasteiger partial charge in [-0.3, -0.25) is 4.79 Å². The van der Waals surface area contributed by atoms with Gasteiger partial charge in [-0.1, -0.05) is 51.1 Å². The Bertz CT molecular complexity index is 1030. The Hall–Kier alpha value is -1.51. The minimum absolute atomic E-state index is 0.0554. The minimum atomic E-state index is -1.21. The largest absolute Gasteiger partial charge is 0.469 e. The second kappa shape index (κ2) is 12.2. The van der Waals surface area contributed by atoms with Crippen LogP contribution in [0.25, 0.3) is 0 Å². The molecule has 4 saturated carbocycles. The maximum absolute atomic E-state index is 11.8. The van der Waals surface area contributed by atoms with Gasteiger partial charge in [0.15, 0.2) is 5.79 Å². The third-order valence-electron chi connectivity index (χ3n) is 12.3. The zero-order valence-electron chi connectivity index (χ0n) is 25.5. The molecule has 0 amide bonds. The van der Waals surface area contributed by atoms with E-state index in [1.54, 1.807) is 0 Å². The summed E-state index contributed by atoms with van der Waals surface area (Å²) in [5.74, 6) is 0.000433. The molecule has 230 valence electrons. The van der Waals surface area contributed by atoms with Crippen molar-refractivity contribution >= 4 is 5.97 Å². The first-order valence-corrected chi connectivity index (χ1v) is 15.9. The Morgan fingerprint density at radius 3 is 2.54 bits per heavy atom. The molecule has 0 aromatic heterocycles. The molecule has 0 heterocycles. The molecule has 4 aliphatic rings.